The maximum absolute atomic E-state index is 13.2. The molecule has 1 fully saturated rings. The van der Waals surface area contributed by atoms with Gasteiger partial charge in [-0.05, 0) is 54.1 Å². The summed E-state index contributed by atoms with van der Waals surface area (Å²) in [4.78, 5) is 15.4. The number of allylic oxidation sites excluding steroid dienone is 1. The summed E-state index contributed by atoms with van der Waals surface area (Å²) in [6, 6.07) is 16.6. The number of likely N-dealkylation sites (tertiary alicyclic amines) is 1. The zero-order valence-corrected chi connectivity index (χ0v) is 20.3. The molecule has 4 heteroatoms. The molecular formula is C28H36ClNO2. The third kappa shape index (κ3) is 6.65. The molecule has 2 atom stereocenters. The van der Waals surface area contributed by atoms with Crippen molar-refractivity contribution < 1.29 is 9.90 Å². The van der Waals surface area contributed by atoms with Crippen molar-refractivity contribution in [2.45, 2.75) is 45.6 Å². The average molecular weight is 454 g/mol. The molecule has 3 rings (SSSR count). The predicted molar refractivity (Wildman–Crippen MR) is 137 cm³/mol. The molecule has 1 heterocycles. The fraction of sp³-hybridized carbons (Fsp3) is 0.393. The molecule has 32 heavy (non-hydrogen) atoms. The number of halogens is 1. The molecule has 0 saturated carbocycles. The number of ketones is 1. The zero-order valence-electron chi connectivity index (χ0n) is 19.5. The number of piperidine rings is 1. The minimum Gasteiger partial charge on any atom is -0.385 e. The summed E-state index contributed by atoms with van der Waals surface area (Å²) in [7, 11) is 0. The molecule has 1 aliphatic rings. The van der Waals surface area contributed by atoms with Crippen LogP contribution in [0.15, 0.2) is 60.7 Å². The van der Waals surface area contributed by atoms with Crippen molar-refractivity contribution >= 4 is 30.3 Å². The van der Waals surface area contributed by atoms with Gasteiger partial charge in [-0.3, -0.25) is 4.79 Å². The highest BCUT2D eigenvalue weighted by molar-refractivity contribution is 5.96. The highest BCUT2D eigenvalue weighted by Crippen LogP contribution is 2.31. The first kappa shape index (κ1) is 26.1. The fourth-order valence-electron chi connectivity index (χ4n) is 4.11. The van der Waals surface area contributed by atoms with Crippen LogP contribution in [0, 0.1) is 5.92 Å². The van der Waals surface area contributed by atoms with Gasteiger partial charge in [-0.25, -0.2) is 0 Å². The Balaban J connectivity index is 0.00000363. The van der Waals surface area contributed by atoms with Crippen molar-refractivity contribution in [3.63, 3.8) is 0 Å². The lowest BCUT2D eigenvalue weighted by Gasteiger charge is -2.41. The number of nitrogens with zero attached hydrogens (tertiary/aromatic N) is 1. The third-order valence-electron chi connectivity index (χ3n) is 6.44. The van der Waals surface area contributed by atoms with Crippen molar-refractivity contribution in [2.24, 2.45) is 5.92 Å². The normalized spacial score (nSPS) is 21.7. The Bertz CT molecular complexity index is 917. The summed E-state index contributed by atoms with van der Waals surface area (Å²) in [5, 5.41) is 11.5. The van der Waals surface area contributed by atoms with Gasteiger partial charge in [0.15, 0.2) is 5.78 Å². The van der Waals surface area contributed by atoms with Gasteiger partial charge in [-0.15, -0.1) is 12.4 Å². The van der Waals surface area contributed by atoms with Crippen LogP contribution in [0.1, 0.15) is 49.4 Å². The van der Waals surface area contributed by atoms with Gasteiger partial charge in [0.2, 0.25) is 0 Å². The highest BCUT2D eigenvalue weighted by atomic mass is 35.5. The Labute approximate surface area is 199 Å². The van der Waals surface area contributed by atoms with E-state index in [1.54, 1.807) is 6.08 Å². The maximum atomic E-state index is 13.2. The van der Waals surface area contributed by atoms with Gasteiger partial charge in [-0.2, -0.15) is 0 Å². The molecule has 2 unspecified atom stereocenters. The zero-order chi connectivity index (χ0) is 22.3. The van der Waals surface area contributed by atoms with Crippen LogP contribution >= 0.6 is 12.4 Å². The molecular weight excluding hydrogens is 418 g/mol. The van der Waals surface area contributed by atoms with Crippen LogP contribution in [0.5, 0.6) is 0 Å². The molecule has 1 saturated heterocycles. The maximum Gasteiger partial charge on any atom is 0.163 e. The first-order chi connectivity index (χ1) is 15.0. The van der Waals surface area contributed by atoms with Crippen LogP contribution in [0.3, 0.4) is 0 Å². The van der Waals surface area contributed by atoms with E-state index in [4.69, 9.17) is 0 Å². The van der Waals surface area contributed by atoms with E-state index in [1.165, 1.54) is 11.1 Å². The molecule has 0 amide bonds. The van der Waals surface area contributed by atoms with Gasteiger partial charge in [0.1, 0.15) is 0 Å². The molecule has 0 bridgehead atoms. The monoisotopic (exact) mass is 453 g/mol. The van der Waals surface area contributed by atoms with Crippen molar-refractivity contribution in [3.05, 3.63) is 82.9 Å². The van der Waals surface area contributed by atoms with E-state index in [-0.39, 0.29) is 18.2 Å². The lowest BCUT2D eigenvalue weighted by molar-refractivity contribution is -0.129. The Kier molecular flexibility index (Phi) is 9.89. The first-order valence-electron chi connectivity index (χ1n) is 11.5. The van der Waals surface area contributed by atoms with Gasteiger partial charge >= 0.3 is 0 Å². The third-order valence-corrected chi connectivity index (χ3v) is 6.44. The first-order valence-corrected chi connectivity index (χ1v) is 11.5. The summed E-state index contributed by atoms with van der Waals surface area (Å²) in [6.07, 6.45) is 9.85. The van der Waals surface area contributed by atoms with Crippen LogP contribution < -0.4 is 0 Å². The smallest absolute Gasteiger partial charge is 0.163 e. The summed E-state index contributed by atoms with van der Waals surface area (Å²) in [5.41, 5.74) is 3.48. The van der Waals surface area contributed by atoms with Crippen LogP contribution in [0.25, 0.3) is 12.2 Å². The molecule has 172 valence electrons. The van der Waals surface area contributed by atoms with Gasteiger partial charge < -0.3 is 10.0 Å². The highest BCUT2D eigenvalue weighted by Gasteiger charge is 2.42. The fourth-order valence-corrected chi connectivity index (χ4v) is 4.11. The van der Waals surface area contributed by atoms with E-state index in [0.29, 0.717) is 13.0 Å². The second-order valence-electron chi connectivity index (χ2n) is 8.45. The van der Waals surface area contributed by atoms with E-state index in [1.807, 2.05) is 30.4 Å². The minimum absolute atomic E-state index is 0. The summed E-state index contributed by atoms with van der Waals surface area (Å²) < 4.78 is 0. The number of benzene rings is 2. The summed E-state index contributed by atoms with van der Waals surface area (Å²) in [6.45, 7) is 8.61. The number of aliphatic hydroxyl groups is 1. The van der Waals surface area contributed by atoms with E-state index < -0.39 is 11.5 Å². The largest absolute Gasteiger partial charge is 0.385 e. The van der Waals surface area contributed by atoms with Crippen LogP contribution in [0.2, 0.25) is 0 Å². The second kappa shape index (κ2) is 12.2. The van der Waals surface area contributed by atoms with Crippen molar-refractivity contribution in [1.29, 1.82) is 0 Å². The Morgan fingerprint density at radius 1 is 0.969 bits per heavy atom. The molecule has 0 aromatic heterocycles. The van der Waals surface area contributed by atoms with Crippen LogP contribution in [0.4, 0.5) is 0 Å². The Morgan fingerprint density at radius 2 is 1.50 bits per heavy atom. The molecule has 2 aromatic rings. The van der Waals surface area contributed by atoms with Crippen molar-refractivity contribution in [2.75, 3.05) is 19.6 Å². The molecule has 0 spiro atoms. The van der Waals surface area contributed by atoms with E-state index in [2.05, 4.69) is 62.1 Å². The number of hydrogen-bond acceptors (Lipinski definition) is 3. The SMILES string of the molecule is CCc1ccc(/C=C/C(=O)C2CN(CC)CCC2(O)/C=C/c2ccc(CC)cc2)cc1.Cl. The number of carbonyl (C=O) groups excluding carboxylic acids is 1. The number of carbonyl (C=O) groups is 1. The Hall–Kier alpha value is -2.20. The predicted octanol–water partition coefficient (Wildman–Crippen LogP) is 5.60. The minimum atomic E-state index is -1.14. The quantitative estimate of drug-likeness (QED) is 0.528. The Morgan fingerprint density at radius 3 is 2.00 bits per heavy atom. The van der Waals surface area contributed by atoms with Gasteiger partial charge in [0.25, 0.3) is 0 Å². The standard InChI is InChI=1S/C28H35NO2.ClH/c1-4-22-7-11-24(12-8-22)15-16-27(30)26-21-29(6-3)20-19-28(26,31)18-17-25-13-9-23(5-2)10-14-25;/h7-18,26,31H,4-6,19-21H2,1-3H3;1H/b16-15+,18-17+;. The number of hydrogen-bond donors (Lipinski definition) is 1. The average Bonchev–Trinajstić information content (AvgIpc) is 2.82. The van der Waals surface area contributed by atoms with E-state index in [0.717, 1.165) is 37.1 Å². The molecule has 1 aliphatic heterocycles. The van der Waals surface area contributed by atoms with Crippen LogP contribution in [-0.4, -0.2) is 41.0 Å². The topological polar surface area (TPSA) is 40.5 Å². The summed E-state index contributed by atoms with van der Waals surface area (Å²) in [5.74, 6) is -0.496. The van der Waals surface area contributed by atoms with Gasteiger partial charge in [-0.1, -0.05) is 87.5 Å². The molecule has 1 N–H and O–H groups in total. The summed E-state index contributed by atoms with van der Waals surface area (Å²) >= 11 is 0. The molecule has 0 radical (unpaired) electrons. The van der Waals surface area contributed by atoms with Gasteiger partial charge in [0, 0.05) is 13.1 Å². The van der Waals surface area contributed by atoms with E-state index in [9.17, 15) is 9.90 Å². The van der Waals surface area contributed by atoms with Crippen molar-refractivity contribution in [1.82, 2.24) is 4.90 Å². The van der Waals surface area contributed by atoms with Crippen molar-refractivity contribution in [3.8, 4) is 0 Å². The van der Waals surface area contributed by atoms with E-state index >= 15 is 0 Å². The lowest BCUT2D eigenvalue weighted by Crippen LogP contribution is -2.53. The second-order valence-corrected chi connectivity index (χ2v) is 8.45. The molecule has 2 aromatic carbocycles. The molecule has 0 aliphatic carbocycles. The number of rotatable bonds is 8. The van der Waals surface area contributed by atoms with Crippen LogP contribution in [-0.2, 0) is 17.6 Å². The molecule has 3 nitrogen and oxygen atoms in total. The lowest BCUT2D eigenvalue weighted by atomic mass is 9.77. The number of aryl methyl sites for hydroxylation is 2. The van der Waals surface area contributed by atoms with Gasteiger partial charge in [0.05, 0.1) is 11.5 Å².